The summed E-state index contributed by atoms with van der Waals surface area (Å²) < 4.78 is 19.1. The summed E-state index contributed by atoms with van der Waals surface area (Å²) in [6, 6.07) is 10.5. The lowest BCUT2D eigenvalue weighted by Gasteiger charge is -2.31. The zero-order valence-corrected chi connectivity index (χ0v) is 20.8. The first kappa shape index (κ1) is 24.7. The van der Waals surface area contributed by atoms with Crippen LogP contribution in [0.15, 0.2) is 42.5 Å². The summed E-state index contributed by atoms with van der Waals surface area (Å²) in [5.74, 6) is -1.25. The fourth-order valence-electron chi connectivity index (χ4n) is 5.81. The van der Waals surface area contributed by atoms with Crippen LogP contribution in [-0.2, 0) is 26.3 Å². The van der Waals surface area contributed by atoms with Crippen LogP contribution in [0.4, 0.5) is 19.7 Å². The van der Waals surface area contributed by atoms with Crippen molar-refractivity contribution < 1.29 is 28.3 Å². The molecule has 9 nitrogen and oxygen atoms in total. The van der Waals surface area contributed by atoms with Crippen molar-refractivity contribution in [3.8, 4) is 0 Å². The molecule has 0 saturated carbocycles. The average molecular weight is 509 g/mol. The number of imide groups is 1. The Labute approximate surface area is 213 Å². The van der Waals surface area contributed by atoms with Crippen LogP contribution in [-0.4, -0.2) is 53.4 Å². The van der Waals surface area contributed by atoms with Gasteiger partial charge in [-0.15, -0.1) is 0 Å². The predicted octanol–water partition coefficient (Wildman–Crippen LogP) is 3.84. The molecule has 10 heteroatoms. The van der Waals surface area contributed by atoms with Gasteiger partial charge in [-0.3, -0.25) is 9.59 Å². The quantitative estimate of drug-likeness (QED) is 0.638. The zero-order chi connectivity index (χ0) is 26.3. The molecule has 2 aliphatic heterocycles. The maximum atomic E-state index is 13.6. The van der Waals surface area contributed by atoms with Gasteiger partial charge in [-0.25, -0.2) is 18.9 Å². The lowest BCUT2D eigenvalue weighted by molar-refractivity contribution is -0.143. The van der Waals surface area contributed by atoms with Gasteiger partial charge < -0.3 is 20.3 Å². The van der Waals surface area contributed by atoms with Crippen molar-refractivity contribution >= 4 is 29.6 Å². The molecule has 1 aliphatic carbocycles. The monoisotopic (exact) mass is 508 g/mol. The van der Waals surface area contributed by atoms with Crippen LogP contribution in [0.2, 0.25) is 0 Å². The summed E-state index contributed by atoms with van der Waals surface area (Å²) in [7, 11) is 1.51. The number of carbonyl (C=O) groups is 4. The highest BCUT2D eigenvalue weighted by atomic mass is 19.1. The molecule has 2 aromatic carbocycles. The molecule has 0 aromatic heterocycles. The lowest BCUT2D eigenvalue weighted by atomic mass is 9.94. The van der Waals surface area contributed by atoms with Crippen molar-refractivity contribution in [1.29, 1.82) is 0 Å². The van der Waals surface area contributed by atoms with Gasteiger partial charge in [0.25, 0.3) is 5.91 Å². The first-order valence-electron chi connectivity index (χ1n) is 12.5. The molecule has 3 atom stereocenters. The number of rotatable bonds is 5. The highest BCUT2D eigenvalue weighted by molar-refractivity contribution is 6.06. The Bertz CT molecular complexity index is 1270. The number of anilines is 1. The standard InChI is InChI=1S/C27H29FN4O5/c1-3-20-9-11-22(16-4-6-18(28)7-5-16)32(20)23(33)15-31-24(34)27(37-26(31)36)13-12-17-14-19(8-10-21(17)27)30-25(35)29-2/h4-8,10,14,20,22H,3,9,11-13,15H2,1-2H3,(H2,29,30,35)/t20-,22-,27?/m0/s1. The Morgan fingerprint density at radius 1 is 1.14 bits per heavy atom. The molecule has 2 saturated heterocycles. The number of benzene rings is 2. The molecule has 1 spiro atoms. The minimum Gasteiger partial charge on any atom is -0.427 e. The van der Waals surface area contributed by atoms with Crippen LogP contribution in [0.25, 0.3) is 0 Å². The number of aryl methyl sites for hydroxylation is 1. The largest absolute Gasteiger partial charge is 0.427 e. The number of hydrogen-bond donors (Lipinski definition) is 2. The molecular formula is C27H29FN4O5. The van der Waals surface area contributed by atoms with Crippen molar-refractivity contribution in [2.24, 2.45) is 0 Å². The van der Waals surface area contributed by atoms with Gasteiger partial charge >= 0.3 is 12.1 Å². The summed E-state index contributed by atoms with van der Waals surface area (Å²) in [4.78, 5) is 54.3. The normalized spacial score (nSPS) is 24.4. The minimum absolute atomic E-state index is 0.0383. The van der Waals surface area contributed by atoms with Crippen LogP contribution in [0.5, 0.6) is 0 Å². The van der Waals surface area contributed by atoms with Crippen molar-refractivity contribution in [3.05, 3.63) is 65.0 Å². The van der Waals surface area contributed by atoms with E-state index in [-0.39, 0.29) is 36.3 Å². The van der Waals surface area contributed by atoms with E-state index in [0.717, 1.165) is 35.3 Å². The van der Waals surface area contributed by atoms with E-state index in [0.29, 0.717) is 17.7 Å². The second-order valence-electron chi connectivity index (χ2n) is 9.67. The number of likely N-dealkylation sites (tertiary alicyclic amines) is 1. The van der Waals surface area contributed by atoms with Gasteiger partial charge in [0.1, 0.15) is 12.4 Å². The van der Waals surface area contributed by atoms with Crippen LogP contribution in [0.3, 0.4) is 0 Å². The second-order valence-corrected chi connectivity index (χ2v) is 9.67. The Balaban J connectivity index is 1.36. The molecule has 2 heterocycles. The average Bonchev–Trinajstić information content (AvgIpc) is 3.55. The van der Waals surface area contributed by atoms with E-state index in [1.54, 1.807) is 35.2 Å². The topological polar surface area (TPSA) is 108 Å². The van der Waals surface area contributed by atoms with Crippen LogP contribution < -0.4 is 10.6 Å². The summed E-state index contributed by atoms with van der Waals surface area (Å²) in [6.07, 6.45) is 2.14. The first-order valence-corrected chi connectivity index (χ1v) is 12.5. The molecule has 2 aromatic rings. The van der Waals surface area contributed by atoms with Gasteiger partial charge in [0.15, 0.2) is 0 Å². The summed E-state index contributed by atoms with van der Waals surface area (Å²) in [5, 5.41) is 5.17. The van der Waals surface area contributed by atoms with E-state index in [9.17, 15) is 23.6 Å². The number of hydrogen-bond acceptors (Lipinski definition) is 5. The van der Waals surface area contributed by atoms with Gasteiger partial charge in [-0.05, 0) is 61.1 Å². The minimum atomic E-state index is -1.47. The number of ether oxygens (including phenoxy) is 1. The van der Waals surface area contributed by atoms with Crippen molar-refractivity contribution in [3.63, 3.8) is 0 Å². The van der Waals surface area contributed by atoms with E-state index in [1.165, 1.54) is 19.2 Å². The fraction of sp³-hybridized carbons (Fsp3) is 0.407. The van der Waals surface area contributed by atoms with E-state index < -0.39 is 24.1 Å². The van der Waals surface area contributed by atoms with Crippen LogP contribution >= 0.6 is 0 Å². The Hall–Kier alpha value is -3.95. The number of carbonyl (C=O) groups excluding carboxylic acids is 4. The van der Waals surface area contributed by atoms with Gasteiger partial charge in [0, 0.05) is 30.8 Å². The number of amides is 5. The number of halogens is 1. The molecule has 0 radical (unpaired) electrons. The maximum absolute atomic E-state index is 13.6. The molecule has 0 bridgehead atoms. The van der Waals surface area contributed by atoms with Crippen molar-refractivity contribution in [2.45, 2.75) is 56.7 Å². The molecule has 3 aliphatic rings. The van der Waals surface area contributed by atoms with E-state index in [1.807, 2.05) is 6.92 Å². The predicted molar refractivity (Wildman–Crippen MR) is 132 cm³/mol. The Morgan fingerprint density at radius 2 is 1.89 bits per heavy atom. The Morgan fingerprint density at radius 3 is 2.59 bits per heavy atom. The summed E-state index contributed by atoms with van der Waals surface area (Å²) >= 11 is 0. The molecule has 2 N–H and O–H groups in total. The Kier molecular flexibility index (Phi) is 6.35. The first-order chi connectivity index (χ1) is 17.8. The van der Waals surface area contributed by atoms with E-state index in [4.69, 9.17) is 4.74 Å². The van der Waals surface area contributed by atoms with Gasteiger partial charge in [0.2, 0.25) is 11.5 Å². The maximum Gasteiger partial charge on any atom is 0.418 e. The number of fused-ring (bicyclic) bond motifs is 2. The van der Waals surface area contributed by atoms with E-state index >= 15 is 0 Å². The second kappa shape index (κ2) is 9.49. The number of nitrogens with zero attached hydrogens (tertiary/aromatic N) is 2. The smallest absolute Gasteiger partial charge is 0.418 e. The van der Waals surface area contributed by atoms with Gasteiger partial charge in [0.05, 0.1) is 6.04 Å². The lowest BCUT2D eigenvalue weighted by Crippen LogP contribution is -2.46. The van der Waals surface area contributed by atoms with Crippen molar-refractivity contribution in [2.75, 3.05) is 18.9 Å². The number of urea groups is 1. The highest BCUT2D eigenvalue weighted by Gasteiger charge is 2.58. The highest BCUT2D eigenvalue weighted by Crippen LogP contribution is 2.46. The van der Waals surface area contributed by atoms with Crippen LogP contribution in [0, 0.1) is 5.82 Å². The zero-order valence-electron chi connectivity index (χ0n) is 20.8. The molecule has 5 rings (SSSR count). The molecular weight excluding hydrogens is 479 g/mol. The fourth-order valence-corrected chi connectivity index (χ4v) is 5.81. The SMILES string of the molecule is CC[C@H]1CC[C@@H](c2ccc(F)cc2)N1C(=O)CN1C(=O)OC2(CCc3cc(NC(=O)NC)ccc32)C1=O. The molecule has 5 amide bonds. The summed E-state index contributed by atoms with van der Waals surface area (Å²) in [5.41, 5.74) is 1.28. The molecule has 2 fully saturated rings. The third kappa shape index (κ3) is 4.20. The third-order valence-corrected chi connectivity index (χ3v) is 7.65. The van der Waals surface area contributed by atoms with Crippen LogP contribution in [0.1, 0.15) is 55.3 Å². The molecule has 37 heavy (non-hydrogen) atoms. The van der Waals surface area contributed by atoms with E-state index in [2.05, 4.69) is 10.6 Å². The molecule has 194 valence electrons. The summed E-state index contributed by atoms with van der Waals surface area (Å²) in [6.45, 7) is 1.57. The molecule has 1 unspecified atom stereocenters. The van der Waals surface area contributed by atoms with Gasteiger partial charge in [-0.1, -0.05) is 25.1 Å². The number of nitrogens with one attached hydrogen (secondary N) is 2. The van der Waals surface area contributed by atoms with Crippen molar-refractivity contribution in [1.82, 2.24) is 15.1 Å². The van der Waals surface area contributed by atoms with Gasteiger partial charge in [-0.2, -0.15) is 0 Å². The third-order valence-electron chi connectivity index (χ3n) is 7.65.